The molecule has 1 aromatic carbocycles. The van der Waals surface area contributed by atoms with Gasteiger partial charge in [0.05, 0.1) is 6.54 Å². The lowest BCUT2D eigenvalue weighted by molar-refractivity contribution is -0.120. The summed E-state index contributed by atoms with van der Waals surface area (Å²) in [5, 5.41) is 7.44. The van der Waals surface area contributed by atoms with E-state index in [9.17, 15) is 4.79 Å². The topological polar surface area (TPSA) is 97.3 Å². The summed E-state index contributed by atoms with van der Waals surface area (Å²) in [6.07, 6.45) is 2.81. The van der Waals surface area contributed by atoms with E-state index < -0.39 is 6.04 Å². The number of aromatic nitrogens is 2. The molecular formula is C18H25N5O2. The van der Waals surface area contributed by atoms with Crippen molar-refractivity contribution in [2.75, 3.05) is 13.1 Å². The first-order valence-corrected chi connectivity index (χ1v) is 8.80. The van der Waals surface area contributed by atoms with Gasteiger partial charge in [-0.3, -0.25) is 15.0 Å². The molecule has 0 aliphatic carbocycles. The van der Waals surface area contributed by atoms with Gasteiger partial charge in [-0.2, -0.15) is 4.98 Å². The summed E-state index contributed by atoms with van der Waals surface area (Å²) >= 11 is 0. The van der Waals surface area contributed by atoms with E-state index in [1.54, 1.807) is 0 Å². The second-order valence-electron chi connectivity index (χ2n) is 6.44. The predicted molar refractivity (Wildman–Crippen MR) is 93.5 cm³/mol. The van der Waals surface area contributed by atoms with Crippen LogP contribution in [0, 0.1) is 0 Å². The molecule has 0 spiro atoms. The number of rotatable bonds is 7. The zero-order valence-electron chi connectivity index (χ0n) is 14.5. The van der Waals surface area contributed by atoms with Crippen LogP contribution >= 0.6 is 0 Å². The number of nitrogens with one attached hydrogen (secondary N) is 1. The molecule has 1 aliphatic rings. The van der Waals surface area contributed by atoms with Crippen LogP contribution in [0.5, 0.6) is 0 Å². The van der Waals surface area contributed by atoms with Crippen molar-refractivity contribution in [3.8, 4) is 0 Å². The van der Waals surface area contributed by atoms with E-state index >= 15 is 0 Å². The van der Waals surface area contributed by atoms with Gasteiger partial charge in [0, 0.05) is 19.0 Å². The van der Waals surface area contributed by atoms with Gasteiger partial charge in [0.15, 0.2) is 5.82 Å². The second kappa shape index (κ2) is 8.22. The van der Waals surface area contributed by atoms with E-state index in [4.69, 9.17) is 10.3 Å². The largest absolute Gasteiger partial charge is 0.368 e. The Morgan fingerprint density at radius 3 is 2.92 bits per heavy atom. The van der Waals surface area contributed by atoms with Crippen LogP contribution < -0.4 is 11.1 Å². The van der Waals surface area contributed by atoms with E-state index in [-0.39, 0.29) is 11.9 Å². The number of nitrogens with zero attached hydrogens (tertiary/aromatic N) is 3. The van der Waals surface area contributed by atoms with Crippen LogP contribution in [-0.2, 0) is 17.8 Å². The highest BCUT2D eigenvalue weighted by Gasteiger charge is 2.26. The van der Waals surface area contributed by atoms with Crippen LogP contribution in [0.25, 0.3) is 0 Å². The lowest BCUT2D eigenvalue weighted by Gasteiger charge is -2.34. The highest BCUT2D eigenvalue weighted by Crippen LogP contribution is 2.18. The minimum Gasteiger partial charge on any atom is -0.368 e. The molecule has 7 nitrogen and oxygen atoms in total. The number of hydrogen-bond donors (Lipinski definition) is 2. The highest BCUT2D eigenvalue weighted by atomic mass is 16.5. The monoisotopic (exact) mass is 343 g/mol. The summed E-state index contributed by atoms with van der Waals surface area (Å²) in [5.41, 5.74) is 6.52. The number of nitrogens with two attached hydrogens (primary N) is 1. The van der Waals surface area contributed by atoms with Crippen LogP contribution in [-0.4, -0.2) is 40.1 Å². The molecule has 25 heavy (non-hydrogen) atoms. The van der Waals surface area contributed by atoms with Gasteiger partial charge in [-0.25, -0.2) is 0 Å². The molecule has 0 bridgehead atoms. The quantitative estimate of drug-likeness (QED) is 0.789. The Balaban J connectivity index is 1.61. The fourth-order valence-electron chi connectivity index (χ4n) is 3.26. The summed E-state index contributed by atoms with van der Waals surface area (Å²) in [6, 6.07) is 9.35. The molecule has 3 N–H and O–H groups in total. The van der Waals surface area contributed by atoms with Gasteiger partial charge in [-0.15, -0.1) is 0 Å². The summed E-state index contributed by atoms with van der Waals surface area (Å²) in [4.78, 5) is 18.6. The average molecular weight is 343 g/mol. The first-order chi connectivity index (χ1) is 12.2. The Bertz CT molecular complexity index is 688. The SMILES string of the molecule is CCc1nc(CN2CCC[C@H](N[C@H](C(N)=O)c3ccccc3)C2)no1. The first-order valence-electron chi connectivity index (χ1n) is 8.80. The Morgan fingerprint density at radius 2 is 2.24 bits per heavy atom. The molecule has 0 unspecified atom stereocenters. The zero-order valence-corrected chi connectivity index (χ0v) is 14.5. The maximum absolute atomic E-state index is 11.9. The third-order valence-electron chi connectivity index (χ3n) is 4.50. The molecule has 3 rings (SSSR count). The van der Waals surface area contributed by atoms with Crippen molar-refractivity contribution in [2.45, 2.75) is 44.8 Å². The van der Waals surface area contributed by atoms with E-state index in [0.29, 0.717) is 18.3 Å². The molecule has 1 aliphatic heterocycles. The number of benzene rings is 1. The van der Waals surface area contributed by atoms with Crippen molar-refractivity contribution in [3.05, 3.63) is 47.6 Å². The van der Waals surface area contributed by atoms with Crippen LogP contribution in [0.2, 0.25) is 0 Å². The van der Waals surface area contributed by atoms with Crippen LogP contribution in [0.1, 0.15) is 43.1 Å². The molecule has 134 valence electrons. The Hall–Kier alpha value is -2.25. The molecule has 2 atom stereocenters. The molecule has 1 saturated heterocycles. The first kappa shape index (κ1) is 17.6. The van der Waals surface area contributed by atoms with Crippen LogP contribution in [0.3, 0.4) is 0 Å². The van der Waals surface area contributed by atoms with Gasteiger partial charge in [-0.05, 0) is 24.9 Å². The van der Waals surface area contributed by atoms with Crippen LogP contribution in [0.4, 0.5) is 0 Å². The molecule has 0 saturated carbocycles. The predicted octanol–water partition coefficient (Wildman–Crippen LogP) is 1.41. The number of likely N-dealkylation sites (tertiary alicyclic amines) is 1. The average Bonchev–Trinajstić information content (AvgIpc) is 3.08. The van der Waals surface area contributed by atoms with Gasteiger partial charge < -0.3 is 10.3 Å². The fourth-order valence-corrected chi connectivity index (χ4v) is 3.26. The Kier molecular flexibility index (Phi) is 5.78. The van der Waals surface area contributed by atoms with E-state index in [2.05, 4.69) is 20.4 Å². The number of carbonyl (C=O) groups excluding carboxylic acids is 1. The lowest BCUT2D eigenvalue weighted by Crippen LogP contribution is -2.49. The van der Waals surface area contributed by atoms with Crippen molar-refractivity contribution in [2.24, 2.45) is 5.73 Å². The van der Waals surface area contributed by atoms with Crippen molar-refractivity contribution in [3.63, 3.8) is 0 Å². The second-order valence-corrected chi connectivity index (χ2v) is 6.44. The van der Waals surface area contributed by atoms with E-state index in [0.717, 1.165) is 37.9 Å². The van der Waals surface area contributed by atoms with Crippen molar-refractivity contribution < 1.29 is 9.32 Å². The molecular weight excluding hydrogens is 318 g/mol. The molecule has 2 heterocycles. The molecule has 1 aromatic heterocycles. The highest BCUT2D eigenvalue weighted by molar-refractivity contribution is 5.81. The fraction of sp³-hybridized carbons (Fsp3) is 0.500. The van der Waals surface area contributed by atoms with Crippen molar-refractivity contribution >= 4 is 5.91 Å². The maximum Gasteiger partial charge on any atom is 0.239 e. The number of aryl methyl sites for hydroxylation is 1. The Labute approximate surface area is 147 Å². The molecule has 1 fully saturated rings. The normalized spacial score (nSPS) is 19.6. The van der Waals surface area contributed by atoms with E-state index in [1.165, 1.54) is 0 Å². The van der Waals surface area contributed by atoms with Gasteiger partial charge in [0.1, 0.15) is 6.04 Å². The van der Waals surface area contributed by atoms with Crippen molar-refractivity contribution in [1.29, 1.82) is 0 Å². The standard InChI is InChI=1S/C18H25N5O2/c1-2-16-21-15(22-25-16)12-23-10-6-9-14(11-23)20-17(18(19)24)13-7-4-3-5-8-13/h3-5,7-8,14,17,20H,2,6,9-12H2,1H3,(H2,19,24)/t14-,17-/m0/s1. The van der Waals surface area contributed by atoms with Crippen LogP contribution in [0.15, 0.2) is 34.9 Å². The summed E-state index contributed by atoms with van der Waals surface area (Å²) in [6.45, 7) is 4.47. The third-order valence-corrected chi connectivity index (χ3v) is 4.50. The number of carbonyl (C=O) groups is 1. The third kappa shape index (κ3) is 4.64. The number of piperidine rings is 1. The number of primary amides is 1. The van der Waals surface area contributed by atoms with Gasteiger partial charge in [0.2, 0.25) is 11.8 Å². The smallest absolute Gasteiger partial charge is 0.239 e. The lowest BCUT2D eigenvalue weighted by atomic mass is 10.0. The minimum atomic E-state index is -0.469. The summed E-state index contributed by atoms with van der Waals surface area (Å²) < 4.78 is 5.17. The molecule has 2 aromatic rings. The summed E-state index contributed by atoms with van der Waals surface area (Å²) in [7, 11) is 0. The molecule has 0 radical (unpaired) electrons. The zero-order chi connectivity index (χ0) is 17.6. The number of hydrogen-bond acceptors (Lipinski definition) is 6. The number of amides is 1. The Morgan fingerprint density at radius 1 is 1.44 bits per heavy atom. The van der Waals surface area contributed by atoms with Gasteiger partial charge in [-0.1, -0.05) is 42.4 Å². The minimum absolute atomic E-state index is 0.198. The van der Waals surface area contributed by atoms with Gasteiger partial charge in [0.25, 0.3) is 0 Å². The summed E-state index contributed by atoms with van der Waals surface area (Å²) in [5.74, 6) is 1.03. The maximum atomic E-state index is 11.9. The van der Waals surface area contributed by atoms with E-state index in [1.807, 2.05) is 37.3 Å². The molecule has 7 heteroatoms. The molecule has 1 amide bonds. The van der Waals surface area contributed by atoms with Gasteiger partial charge >= 0.3 is 0 Å². The van der Waals surface area contributed by atoms with Crippen molar-refractivity contribution in [1.82, 2.24) is 20.4 Å².